The van der Waals surface area contributed by atoms with Crippen LogP contribution >= 0.6 is 0 Å². The minimum Gasteiger partial charge on any atom is -0.481 e. The Balaban J connectivity index is 2.41. The predicted molar refractivity (Wildman–Crippen MR) is 57.6 cm³/mol. The Morgan fingerprint density at radius 3 is 2.81 bits per heavy atom. The highest BCUT2D eigenvalue weighted by Crippen LogP contribution is 2.16. The fourth-order valence-corrected chi connectivity index (χ4v) is 2.93. The summed E-state index contributed by atoms with van der Waals surface area (Å²) in [5.74, 6) is -1.30. The Kier molecular flexibility index (Phi) is 4.69. The molecule has 1 saturated heterocycles. The van der Waals surface area contributed by atoms with Crippen molar-refractivity contribution in [2.45, 2.75) is 25.8 Å². The molecule has 0 amide bonds. The second kappa shape index (κ2) is 5.60. The zero-order valence-corrected chi connectivity index (χ0v) is 10.00. The highest BCUT2D eigenvalue weighted by Gasteiger charge is 2.25. The van der Waals surface area contributed by atoms with E-state index in [0.717, 1.165) is 6.42 Å². The van der Waals surface area contributed by atoms with Crippen molar-refractivity contribution in [3.05, 3.63) is 0 Å². The van der Waals surface area contributed by atoms with Crippen LogP contribution < -0.4 is 4.72 Å². The summed E-state index contributed by atoms with van der Waals surface area (Å²) in [5.41, 5.74) is 0. The zero-order valence-electron chi connectivity index (χ0n) is 9.18. The lowest BCUT2D eigenvalue weighted by molar-refractivity contribution is -0.136. The molecule has 2 N–H and O–H groups in total. The topological polar surface area (TPSA) is 92.7 Å². The van der Waals surface area contributed by atoms with Gasteiger partial charge < -0.3 is 9.84 Å². The first-order valence-electron chi connectivity index (χ1n) is 5.20. The first-order chi connectivity index (χ1) is 7.41. The van der Waals surface area contributed by atoms with Gasteiger partial charge in [-0.25, -0.2) is 13.1 Å². The van der Waals surface area contributed by atoms with Gasteiger partial charge in [0.1, 0.15) is 0 Å². The third-order valence-electron chi connectivity index (χ3n) is 2.62. The molecule has 1 heterocycles. The molecule has 0 radical (unpaired) electrons. The maximum Gasteiger partial charge on any atom is 0.304 e. The molecule has 0 spiro atoms. The molecule has 0 aromatic carbocycles. The highest BCUT2D eigenvalue weighted by atomic mass is 32.2. The van der Waals surface area contributed by atoms with Crippen LogP contribution in [0.5, 0.6) is 0 Å². The standard InChI is InChI=1S/C9H17NO5S/c1-7(8-2-4-15-6-8)10-16(13,14)5-3-9(11)12/h7-8,10H,2-6H2,1H3,(H,11,12). The summed E-state index contributed by atoms with van der Waals surface area (Å²) in [4.78, 5) is 10.3. The maximum atomic E-state index is 11.5. The smallest absolute Gasteiger partial charge is 0.304 e. The molecule has 2 atom stereocenters. The quantitative estimate of drug-likeness (QED) is 0.682. The molecule has 6 nitrogen and oxygen atoms in total. The molecular formula is C9H17NO5S. The lowest BCUT2D eigenvalue weighted by Gasteiger charge is -2.18. The summed E-state index contributed by atoms with van der Waals surface area (Å²) < 4.78 is 30.6. The largest absolute Gasteiger partial charge is 0.481 e. The molecule has 1 aliphatic rings. The van der Waals surface area contributed by atoms with Gasteiger partial charge in [0, 0.05) is 18.6 Å². The summed E-state index contributed by atoms with van der Waals surface area (Å²) in [6, 6.07) is -0.207. The molecule has 0 saturated carbocycles. The van der Waals surface area contributed by atoms with Crippen molar-refractivity contribution in [2.75, 3.05) is 19.0 Å². The average molecular weight is 251 g/mol. The van der Waals surface area contributed by atoms with Gasteiger partial charge in [0.05, 0.1) is 18.8 Å². The summed E-state index contributed by atoms with van der Waals surface area (Å²) in [7, 11) is -3.50. The normalized spacial score (nSPS) is 23.2. The molecule has 2 unspecified atom stereocenters. The van der Waals surface area contributed by atoms with E-state index in [4.69, 9.17) is 9.84 Å². The van der Waals surface area contributed by atoms with Gasteiger partial charge >= 0.3 is 5.97 Å². The van der Waals surface area contributed by atoms with Gasteiger partial charge in [0.25, 0.3) is 0 Å². The second-order valence-corrected chi connectivity index (χ2v) is 5.87. The van der Waals surface area contributed by atoms with Crippen LogP contribution in [-0.4, -0.2) is 44.5 Å². The SMILES string of the molecule is CC(NS(=O)(=O)CCC(=O)O)C1CCOC1. The van der Waals surface area contributed by atoms with Gasteiger partial charge in [-0.3, -0.25) is 4.79 Å². The lowest BCUT2D eigenvalue weighted by Crippen LogP contribution is -2.39. The van der Waals surface area contributed by atoms with Gasteiger partial charge in [-0.2, -0.15) is 0 Å². The van der Waals surface area contributed by atoms with E-state index in [-0.39, 0.29) is 24.1 Å². The second-order valence-electron chi connectivity index (χ2n) is 3.99. The van der Waals surface area contributed by atoms with E-state index in [1.165, 1.54) is 0 Å². The van der Waals surface area contributed by atoms with Crippen molar-refractivity contribution in [2.24, 2.45) is 5.92 Å². The minimum absolute atomic E-state index is 0.180. The van der Waals surface area contributed by atoms with Crippen LogP contribution in [0.3, 0.4) is 0 Å². The van der Waals surface area contributed by atoms with E-state index in [2.05, 4.69) is 4.72 Å². The molecular weight excluding hydrogens is 234 g/mol. The Hall–Kier alpha value is -0.660. The Bertz CT molecular complexity index is 334. The molecule has 1 fully saturated rings. The van der Waals surface area contributed by atoms with Crippen LogP contribution in [0.15, 0.2) is 0 Å². The molecule has 0 aromatic heterocycles. The maximum absolute atomic E-state index is 11.5. The fourth-order valence-electron chi connectivity index (χ4n) is 1.61. The zero-order chi connectivity index (χ0) is 12.2. The molecule has 7 heteroatoms. The number of nitrogens with one attached hydrogen (secondary N) is 1. The highest BCUT2D eigenvalue weighted by molar-refractivity contribution is 7.89. The first kappa shape index (κ1) is 13.4. The summed E-state index contributed by atoms with van der Waals surface area (Å²) in [6.45, 7) is 2.99. The third kappa shape index (κ3) is 4.46. The van der Waals surface area contributed by atoms with E-state index in [1.54, 1.807) is 6.92 Å². The van der Waals surface area contributed by atoms with E-state index < -0.39 is 16.0 Å². The molecule has 1 aliphatic heterocycles. The predicted octanol–water partition coefficient (Wildman–Crippen LogP) is -0.194. The van der Waals surface area contributed by atoms with Crippen molar-refractivity contribution >= 4 is 16.0 Å². The Labute approximate surface area is 95.0 Å². The molecule has 0 bridgehead atoms. The van der Waals surface area contributed by atoms with Crippen LogP contribution in [-0.2, 0) is 19.6 Å². The van der Waals surface area contributed by atoms with Gasteiger partial charge in [-0.1, -0.05) is 0 Å². The van der Waals surface area contributed by atoms with Crippen LogP contribution in [0, 0.1) is 5.92 Å². The minimum atomic E-state index is -3.50. The van der Waals surface area contributed by atoms with Crippen LogP contribution in [0.2, 0.25) is 0 Å². The summed E-state index contributed by atoms with van der Waals surface area (Å²) in [6.07, 6.45) is 0.464. The van der Waals surface area contributed by atoms with E-state index in [1.807, 2.05) is 0 Å². The van der Waals surface area contributed by atoms with Crippen LogP contribution in [0.25, 0.3) is 0 Å². The van der Waals surface area contributed by atoms with Crippen molar-refractivity contribution in [3.8, 4) is 0 Å². The number of carboxylic acid groups (broad SMARTS) is 1. The van der Waals surface area contributed by atoms with Crippen molar-refractivity contribution in [1.82, 2.24) is 4.72 Å². The van der Waals surface area contributed by atoms with E-state index in [0.29, 0.717) is 13.2 Å². The third-order valence-corrected chi connectivity index (χ3v) is 4.09. The van der Waals surface area contributed by atoms with Gasteiger partial charge in [-0.15, -0.1) is 0 Å². The number of carboxylic acids is 1. The molecule has 1 rings (SSSR count). The van der Waals surface area contributed by atoms with Crippen molar-refractivity contribution < 1.29 is 23.1 Å². The van der Waals surface area contributed by atoms with Gasteiger partial charge in [-0.05, 0) is 13.3 Å². The van der Waals surface area contributed by atoms with Crippen molar-refractivity contribution in [3.63, 3.8) is 0 Å². The van der Waals surface area contributed by atoms with Gasteiger partial charge in [0.15, 0.2) is 0 Å². The Morgan fingerprint density at radius 1 is 1.62 bits per heavy atom. The fraction of sp³-hybridized carbons (Fsp3) is 0.889. The number of hydrogen-bond donors (Lipinski definition) is 2. The van der Waals surface area contributed by atoms with Crippen molar-refractivity contribution in [1.29, 1.82) is 0 Å². The molecule has 16 heavy (non-hydrogen) atoms. The van der Waals surface area contributed by atoms with Crippen LogP contribution in [0.1, 0.15) is 19.8 Å². The molecule has 0 aromatic rings. The van der Waals surface area contributed by atoms with E-state index in [9.17, 15) is 13.2 Å². The average Bonchev–Trinajstić information content (AvgIpc) is 2.67. The first-order valence-corrected chi connectivity index (χ1v) is 6.85. The van der Waals surface area contributed by atoms with Crippen LogP contribution in [0.4, 0.5) is 0 Å². The monoisotopic (exact) mass is 251 g/mol. The number of aliphatic carboxylic acids is 1. The number of carbonyl (C=O) groups is 1. The summed E-state index contributed by atoms with van der Waals surface area (Å²) >= 11 is 0. The van der Waals surface area contributed by atoms with E-state index >= 15 is 0 Å². The number of hydrogen-bond acceptors (Lipinski definition) is 4. The molecule has 0 aliphatic carbocycles. The Morgan fingerprint density at radius 2 is 2.31 bits per heavy atom. The molecule has 94 valence electrons. The number of ether oxygens (including phenoxy) is 1. The van der Waals surface area contributed by atoms with Gasteiger partial charge in [0.2, 0.25) is 10.0 Å². The number of rotatable bonds is 6. The lowest BCUT2D eigenvalue weighted by atomic mass is 10.0. The number of sulfonamides is 1. The summed E-state index contributed by atoms with van der Waals surface area (Å²) in [5, 5.41) is 8.41.